The number of hydrogen-bond donors (Lipinski definition) is 5. The summed E-state index contributed by atoms with van der Waals surface area (Å²) in [7, 11) is 0. The van der Waals surface area contributed by atoms with E-state index in [0.29, 0.717) is 0 Å². The lowest BCUT2D eigenvalue weighted by atomic mass is 10.00. The van der Waals surface area contributed by atoms with E-state index in [1.165, 1.54) is 38.5 Å². The SMILES string of the molecule is CCCCCCCC.OC[C@H]1O[C@@H](O)[C@H](O)[C@@H](O)[C@@H]1O. The number of aliphatic hydroxyl groups is 5. The Morgan fingerprint density at radius 2 is 1.25 bits per heavy atom. The van der Waals surface area contributed by atoms with Gasteiger partial charge in [-0.15, -0.1) is 0 Å². The van der Waals surface area contributed by atoms with Crippen molar-refractivity contribution in [1.82, 2.24) is 0 Å². The number of unbranched alkanes of at least 4 members (excludes halogenated alkanes) is 5. The van der Waals surface area contributed by atoms with Crippen molar-refractivity contribution in [3.8, 4) is 0 Å². The maximum absolute atomic E-state index is 9.12. The van der Waals surface area contributed by atoms with Gasteiger partial charge in [0.1, 0.15) is 24.4 Å². The Morgan fingerprint density at radius 3 is 1.65 bits per heavy atom. The smallest absolute Gasteiger partial charge is 0.184 e. The zero-order valence-corrected chi connectivity index (χ0v) is 12.5. The molecule has 1 fully saturated rings. The first-order valence-electron chi connectivity index (χ1n) is 7.48. The first-order chi connectivity index (χ1) is 9.49. The maximum Gasteiger partial charge on any atom is 0.184 e. The molecule has 5 atom stereocenters. The van der Waals surface area contributed by atoms with Crippen LogP contribution in [0.4, 0.5) is 0 Å². The van der Waals surface area contributed by atoms with Crippen LogP contribution < -0.4 is 0 Å². The quantitative estimate of drug-likeness (QED) is 0.446. The first kappa shape index (κ1) is 19.8. The van der Waals surface area contributed by atoms with Crippen LogP contribution in [0.5, 0.6) is 0 Å². The molecule has 6 nitrogen and oxygen atoms in total. The molecular weight excluding hydrogens is 264 g/mol. The van der Waals surface area contributed by atoms with Crippen molar-refractivity contribution in [3.05, 3.63) is 0 Å². The van der Waals surface area contributed by atoms with E-state index in [9.17, 15) is 0 Å². The van der Waals surface area contributed by atoms with Gasteiger partial charge < -0.3 is 30.3 Å². The average Bonchev–Trinajstić information content (AvgIpc) is 2.46. The van der Waals surface area contributed by atoms with Crippen LogP contribution in [0.2, 0.25) is 0 Å². The predicted octanol–water partition coefficient (Wildman–Crippen LogP) is 0.145. The van der Waals surface area contributed by atoms with Gasteiger partial charge >= 0.3 is 0 Å². The third-order valence-electron chi connectivity index (χ3n) is 3.32. The molecular formula is C14H30O6. The Morgan fingerprint density at radius 1 is 0.750 bits per heavy atom. The summed E-state index contributed by atoms with van der Waals surface area (Å²) in [5, 5.41) is 44.7. The summed E-state index contributed by atoms with van der Waals surface area (Å²) in [6.07, 6.45) is 1.45. The average molecular weight is 294 g/mol. The summed E-state index contributed by atoms with van der Waals surface area (Å²) >= 11 is 0. The van der Waals surface area contributed by atoms with Gasteiger partial charge in [-0.2, -0.15) is 0 Å². The standard InChI is InChI=1S/C8H18.C6H12O6/c1-3-5-7-8-6-4-2;7-1-2-3(8)4(9)5(10)6(11)12-2/h3-8H2,1-2H3;2-11H,1H2/t;2-,3-,4+,5-,6-/m.1/s1. The largest absolute Gasteiger partial charge is 0.394 e. The van der Waals surface area contributed by atoms with Gasteiger partial charge in [0.05, 0.1) is 6.61 Å². The highest BCUT2D eigenvalue weighted by Gasteiger charge is 2.42. The third kappa shape index (κ3) is 6.97. The van der Waals surface area contributed by atoms with E-state index in [-0.39, 0.29) is 0 Å². The molecule has 1 aliphatic rings. The molecule has 0 aromatic rings. The highest BCUT2D eigenvalue weighted by molar-refractivity contribution is 4.87. The maximum atomic E-state index is 9.12. The summed E-state index contributed by atoms with van der Waals surface area (Å²) in [5.74, 6) is 0. The third-order valence-corrected chi connectivity index (χ3v) is 3.32. The van der Waals surface area contributed by atoms with E-state index in [0.717, 1.165) is 0 Å². The lowest BCUT2D eigenvalue weighted by Gasteiger charge is -2.37. The second-order valence-corrected chi connectivity index (χ2v) is 5.13. The molecule has 1 rings (SSSR count). The van der Waals surface area contributed by atoms with Crippen molar-refractivity contribution in [3.63, 3.8) is 0 Å². The monoisotopic (exact) mass is 294 g/mol. The molecule has 122 valence electrons. The second-order valence-electron chi connectivity index (χ2n) is 5.13. The second kappa shape index (κ2) is 11.4. The topological polar surface area (TPSA) is 110 Å². The van der Waals surface area contributed by atoms with Crippen LogP contribution in [-0.2, 0) is 4.74 Å². The summed E-state index contributed by atoms with van der Waals surface area (Å²) < 4.78 is 4.58. The number of aliphatic hydroxyl groups excluding tert-OH is 5. The molecule has 5 N–H and O–H groups in total. The van der Waals surface area contributed by atoms with E-state index in [1.807, 2.05) is 0 Å². The molecule has 0 aromatic carbocycles. The van der Waals surface area contributed by atoms with Crippen LogP contribution in [0.15, 0.2) is 0 Å². The fraction of sp³-hybridized carbons (Fsp3) is 1.00. The Bertz CT molecular complexity index is 215. The van der Waals surface area contributed by atoms with Gasteiger partial charge in [-0.3, -0.25) is 0 Å². The normalized spacial score (nSPS) is 33.5. The Balaban J connectivity index is 0.000000396. The zero-order chi connectivity index (χ0) is 15.5. The molecule has 0 aromatic heterocycles. The molecule has 0 spiro atoms. The summed E-state index contributed by atoms with van der Waals surface area (Å²) in [6, 6.07) is 0. The van der Waals surface area contributed by atoms with Crippen molar-refractivity contribution >= 4 is 0 Å². The van der Waals surface area contributed by atoms with E-state index < -0.39 is 37.3 Å². The molecule has 1 aliphatic heterocycles. The fourth-order valence-electron chi connectivity index (χ4n) is 1.94. The van der Waals surface area contributed by atoms with Gasteiger partial charge in [0, 0.05) is 0 Å². The first-order valence-corrected chi connectivity index (χ1v) is 7.48. The molecule has 20 heavy (non-hydrogen) atoms. The Hall–Kier alpha value is -0.240. The number of rotatable bonds is 6. The zero-order valence-electron chi connectivity index (χ0n) is 12.5. The molecule has 0 bridgehead atoms. The summed E-state index contributed by atoms with van der Waals surface area (Å²) in [5.41, 5.74) is 0. The molecule has 1 saturated heterocycles. The Kier molecular flexibility index (Phi) is 11.3. The van der Waals surface area contributed by atoms with Gasteiger partial charge in [-0.05, 0) is 0 Å². The van der Waals surface area contributed by atoms with Gasteiger partial charge in [0.2, 0.25) is 0 Å². The molecule has 0 radical (unpaired) electrons. The molecule has 0 aliphatic carbocycles. The molecule has 0 saturated carbocycles. The molecule has 6 heteroatoms. The highest BCUT2D eigenvalue weighted by atomic mass is 16.6. The minimum Gasteiger partial charge on any atom is -0.394 e. The van der Waals surface area contributed by atoms with Crippen molar-refractivity contribution in [2.75, 3.05) is 6.61 Å². The van der Waals surface area contributed by atoms with Crippen molar-refractivity contribution in [2.24, 2.45) is 0 Å². The van der Waals surface area contributed by atoms with Crippen LogP contribution in [0.3, 0.4) is 0 Å². The van der Waals surface area contributed by atoms with Crippen LogP contribution in [0.25, 0.3) is 0 Å². The fourth-order valence-corrected chi connectivity index (χ4v) is 1.94. The minimum absolute atomic E-state index is 0.526. The van der Waals surface area contributed by atoms with Crippen molar-refractivity contribution in [2.45, 2.75) is 83.1 Å². The van der Waals surface area contributed by atoms with Gasteiger partial charge in [0.15, 0.2) is 6.29 Å². The summed E-state index contributed by atoms with van der Waals surface area (Å²) in [6.45, 7) is 3.99. The Labute approximate surface area is 121 Å². The predicted molar refractivity (Wildman–Crippen MR) is 75.0 cm³/mol. The van der Waals surface area contributed by atoms with Crippen LogP contribution in [-0.4, -0.2) is 62.8 Å². The molecule has 0 unspecified atom stereocenters. The molecule has 1 heterocycles. The molecule has 0 amide bonds. The number of hydrogen-bond acceptors (Lipinski definition) is 6. The lowest BCUT2D eigenvalue weighted by Crippen LogP contribution is -2.58. The highest BCUT2D eigenvalue weighted by Crippen LogP contribution is 2.18. The van der Waals surface area contributed by atoms with E-state index in [2.05, 4.69) is 18.6 Å². The van der Waals surface area contributed by atoms with E-state index in [4.69, 9.17) is 25.5 Å². The van der Waals surface area contributed by atoms with Crippen LogP contribution in [0, 0.1) is 0 Å². The minimum atomic E-state index is -1.57. The number of ether oxygens (including phenoxy) is 1. The summed E-state index contributed by atoms with van der Waals surface area (Å²) in [4.78, 5) is 0. The van der Waals surface area contributed by atoms with Gasteiger partial charge in [-0.25, -0.2) is 0 Å². The van der Waals surface area contributed by atoms with Crippen molar-refractivity contribution in [1.29, 1.82) is 0 Å². The van der Waals surface area contributed by atoms with Crippen LogP contribution in [0.1, 0.15) is 52.4 Å². The van der Waals surface area contributed by atoms with Crippen LogP contribution >= 0.6 is 0 Å². The van der Waals surface area contributed by atoms with Gasteiger partial charge in [0.25, 0.3) is 0 Å². The van der Waals surface area contributed by atoms with E-state index >= 15 is 0 Å². The lowest BCUT2D eigenvalue weighted by molar-refractivity contribution is -0.286. The van der Waals surface area contributed by atoms with E-state index in [1.54, 1.807) is 0 Å². The van der Waals surface area contributed by atoms with Crippen molar-refractivity contribution < 1.29 is 30.3 Å². The van der Waals surface area contributed by atoms with Gasteiger partial charge in [-0.1, -0.05) is 52.4 Å².